The lowest BCUT2D eigenvalue weighted by Crippen LogP contribution is -1.84. The van der Waals surface area contributed by atoms with E-state index in [-0.39, 0.29) is 0 Å². The number of fused-ring (bicyclic) bond motifs is 8. The zero-order valence-corrected chi connectivity index (χ0v) is 12.7. The van der Waals surface area contributed by atoms with Crippen LogP contribution in [0.1, 0.15) is 0 Å². The van der Waals surface area contributed by atoms with E-state index in [2.05, 4.69) is 45.2 Å². The van der Waals surface area contributed by atoms with Crippen molar-refractivity contribution in [3.8, 4) is 0 Å². The van der Waals surface area contributed by atoms with Crippen molar-refractivity contribution in [2.45, 2.75) is 0 Å². The van der Waals surface area contributed by atoms with Gasteiger partial charge in [-0.25, -0.2) is 4.98 Å². The lowest BCUT2D eigenvalue weighted by Gasteiger charge is -1.97. The summed E-state index contributed by atoms with van der Waals surface area (Å²) in [6.45, 7) is 0. The molecule has 3 heterocycles. The summed E-state index contributed by atoms with van der Waals surface area (Å²) in [5.41, 5.74) is 5.51. The third kappa shape index (κ3) is 1.22. The van der Waals surface area contributed by atoms with E-state index in [0.717, 1.165) is 27.4 Å². The number of hydrogen-bond acceptors (Lipinski definition) is 1. The number of hydrogen-bond donors (Lipinski definition) is 0. The van der Waals surface area contributed by atoms with Gasteiger partial charge < -0.3 is 0 Å². The van der Waals surface area contributed by atoms with Crippen LogP contribution in [0.25, 0.3) is 44.1 Å². The minimum absolute atomic E-state index is 0.755. The van der Waals surface area contributed by atoms with E-state index in [1.165, 1.54) is 21.8 Å². The molecule has 0 aliphatic rings. The van der Waals surface area contributed by atoms with E-state index < -0.39 is 0 Å². The second-order valence-corrected chi connectivity index (χ2v) is 6.29. The van der Waals surface area contributed by atoms with Crippen molar-refractivity contribution in [1.29, 1.82) is 0 Å². The summed E-state index contributed by atoms with van der Waals surface area (Å²) < 4.78 is 4.42. The number of aromatic nitrogens is 3. The molecule has 0 unspecified atom stereocenters. The van der Waals surface area contributed by atoms with E-state index in [4.69, 9.17) is 16.6 Å². The second kappa shape index (κ2) is 3.76. The molecule has 0 amide bonds. The van der Waals surface area contributed by atoms with Gasteiger partial charge in [0, 0.05) is 10.8 Å². The SMILES string of the molecule is Clc1cccc2c3cccc4c3n(c12)c1nc2ccccc2n41. The van der Waals surface area contributed by atoms with Crippen LogP contribution in [0.5, 0.6) is 0 Å². The Hall–Kier alpha value is -2.78. The molecule has 0 aliphatic heterocycles. The third-order valence-electron chi connectivity index (χ3n) is 4.72. The molecule has 4 heteroatoms. The van der Waals surface area contributed by atoms with E-state index in [0.29, 0.717) is 0 Å². The third-order valence-corrected chi connectivity index (χ3v) is 5.03. The standard InChI is InChI=1S/C19H10ClN3/c20-13-7-3-5-11-12-6-4-10-16-18(12)23(17(11)13)19-21-14-8-1-2-9-15(14)22(16)19/h1-10H. The molecule has 108 valence electrons. The fourth-order valence-electron chi connectivity index (χ4n) is 3.84. The smallest absolute Gasteiger partial charge is 0.220 e. The van der Waals surface area contributed by atoms with Gasteiger partial charge in [-0.1, -0.05) is 48.0 Å². The van der Waals surface area contributed by atoms with Crippen molar-refractivity contribution >= 4 is 55.7 Å². The Kier molecular flexibility index (Phi) is 1.92. The van der Waals surface area contributed by atoms with Gasteiger partial charge in [-0.05, 0) is 24.3 Å². The summed E-state index contributed by atoms with van der Waals surface area (Å²) in [6.07, 6.45) is 0. The average molecular weight is 316 g/mol. The van der Waals surface area contributed by atoms with E-state index in [1.807, 2.05) is 24.3 Å². The number of halogens is 1. The maximum absolute atomic E-state index is 6.54. The van der Waals surface area contributed by atoms with Crippen molar-refractivity contribution in [2.75, 3.05) is 0 Å². The summed E-state index contributed by atoms with van der Waals surface area (Å²) in [5, 5.41) is 3.15. The zero-order chi connectivity index (χ0) is 15.1. The van der Waals surface area contributed by atoms with Crippen LogP contribution in [-0.2, 0) is 0 Å². The molecule has 0 bridgehead atoms. The molecule has 0 radical (unpaired) electrons. The van der Waals surface area contributed by atoms with Crippen LogP contribution in [0.3, 0.4) is 0 Å². The molecule has 0 atom stereocenters. The van der Waals surface area contributed by atoms with Crippen LogP contribution in [0.4, 0.5) is 0 Å². The predicted molar refractivity (Wildman–Crippen MR) is 94.9 cm³/mol. The van der Waals surface area contributed by atoms with Crippen molar-refractivity contribution < 1.29 is 0 Å². The summed E-state index contributed by atoms with van der Waals surface area (Å²) in [4.78, 5) is 4.86. The molecule has 0 N–H and O–H groups in total. The Balaban J connectivity index is 2.10. The molecular formula is C19H10ClN3. The van der Waals surface area contributed by atoms with Gasteiger partial charge >= 0.3 is 0 Å². The Bertz CT molecular complexity index is 1370. The highest BCUT2D eigenvalue weighted by Crippen LogP contribution is 2.38. The summed E-state index contributed by atoms with van der Waals surface area (Å²) in [6, 6.07) is 20.7. The molecule has 6 rings (SSSR count). The molecule has 0 saturated carbocycles. The van der Waals surface area contributed by atoms with E-state index in [9.17, 15) is 0 Å². The van der Waals surface area contributed by atoms with Crippen LogP contribution in [-0.4, -0.2) is 13.8 Å². The van der Waals surface area contributed by atoms with Crippen LogP contribution in [0.2, 0.25) is 5.02 Å². The van der Waals surface area contributed by atoms with Gasteiger partial charge in [0.25, 0.3) is 0 Å². The number of imidazole rings is 2. The topological polar surface area (TPSA) is 21.7 Å². The Morgan fingerprint density at radius 2 is 1.43 bits per heavy atom. The molecule has 3 nitrogen and oxygen atoms in total. The fraction of sp³-hybridized carbons (Fsp3) is 0. The first-order valence-electron chi connectivity index (χ1n) is 7.54. The Morgan fingerprint density at radius 1 is 0.696 bits per heavy atom. The Morgan fingerprint density at radius 3 is 2.35 bits per heavy atom. The Labute approximate surface area is 135 Å². The van der Waals surface area contributed by atoms with Crippen LogP contribution in [0, 0.1) is 0 Å². The molecule has 0 spiro atoms. The molecule has 0 saturated heterocycles. The first-order valence-corrected chi connectivity index (χ1v) is 7.92. The number of rotatable bonds is 0. The van der Waals surface area contributed by atoms with Crippen molar-refractivity contribution in [2.24, 2.45) is 0 Å². The van der Waals surface area contributed by atoms with Gasteiger partial charge in [0.05, 0.1) is 32.6 Å². The van der Waals surface area contributed by atoms with Gasteiger partial charge in [-0.15, -0.1) is 0 Å². The summed E-state index contributed by atoms with van der Waals surface area (Å²) in [5.74, 6) is 0.917. The predicted octanol–water partition coefficient (Wildman–Crippen LogP) is 5.14. The number of benzene rings is 3. The van der Waals surface area contributed by atoms with Crippen molar-refractivity contribution in [1.82, 2.24) is 13.8 Å². The van der Waals surface area contributed by atoms with Gasteiger partial charge in [-0.2, -0.15) is 0 Å². The first-order chi connectivity index (χ1) is 11.3. The lowest BCUT2D eigenvalue weighted by molar-refractivity contribution is 1.21. The summed E-state index contributed by atoms with van der Waals surface area (Å²) >= 11 is 6.54. The fourth-order valence-corrected chi connectivity index (χ4v) is 4.10. The molecule has 0 fully saturated rings. The monoisotopic (exact) mass is 315 g/mol. The molecular weight excluding hydrogens is 306 g/mol. The van der Waals surface area contributed by atoms with E-state index in [1.54, 1.807) is 0 Å². The van der Waals surface area contributed by atoms with Crippen LogP contribution < -0.4 is 0 Å². The quantitative estimate of drug-likeness (QED) is 0.380. The molecule has 0 aliphatic carbocycles. The highest BCUT2D eigenvalue weighted by molar-refractivity contribution is 6.37. The molecule has 23 heavy (non-hydrogen) atoms. The number of nitrogens with zero attached hydrogens (tertiary/aromatic N) is 3. The maximum Gasteiger partial charge on any atom is 0.220 e. The largest absolute Gasteiger partial charge is 0.276 e. The average Bonchev–Trinajstić information content (AvgIpc) is 3.20. The molecule has 3 aromatic carbocycles. The highest BCUT2D eigenvalue weighted by Gasteiger charge is 2.21. The highest BCUT2D eigenvalue weighted by atomic mass is 35.5. The maximum atomic E-state index is 6.54. The van der Waals surface area contributed by atoms with Crippen LogP contribution >= 0.6 is 11.6 Å². The normalized spacial score (nSPS) is 12.6. The summed E-state index contributed by atoms with van der Waals surface area (Å²) in [7, 11) is 0. The van der Waals surface area contributed by atoms with Gasteiger partial charge in [-0.3, -0.25) is 8.80 Å². The van der Waals surface area contributed by atoms with E-state index >= 15 is 0 Å². The van der Waals surface area contributed by atoms with Crippen molar-refractivity contribution in [3.63, 3.8) is 0 Å². The second-order valence-electron chi connectivity index (χ2n) is 5.88. The lowest BCUT2D eigenvalue weighted by atomic mass is 10.1. The molecule has 3 aromatic heterocycles. The molecule has 6 aromatic rings. The minimum Gasteiger partial charge on any atom is -0.276 e. The van der Waals surface area contributed by atoms with Gasteiger partial charge in [0.2, 0.25) is 5.78 Å². The first kappa shape index (κ1) is 11.7. The van der Waals surface area contributed by atoms with Gasteiger partial charge in [0.1, 0.15) is 0 Å². The zero-order valence-electron chi connectivity index (χ0n) is 12.0. The number of para-hydroxylation sites is 4. The van der Waals surface area contributed by atoms with Crippen LogP contribution in [0.15, 0.2) is 60.7 Å². The van der Waals surface area contributed by atoms with Crippen molar-refractivity contribution in [3.05, 3.63) is 65.7 Å². The van der Waals surface area contributed by atoms with Gasteiger partial charge in [0.15, 0.2) is 0 Å². The minimum atomic E-state index is 0.755.